The van der Waals surface area contributed by atoms with Gasteiger partial charge in [-0.25, -0.2) is 8.78 Å². The lowest BCUT2D eigenvalue weighted by atomic mass is 10.1. The molecule has 16 heavy (non-hydrogen) atoms. The number of amides is 1. The van der Waals surface area contributed by atoms with Gasteiger partial charge < -0.3 is 5.73 Å². The summed E-state index contributed by atoms with van der Waals surface area (Å²) in [6.07, 6.45) is -0.436. The number of hydrogen-bond acceptors (Lipinski definition) is 2. The van der Waals surface area contributed by atoms with Crippen molar-refractivity contribution in [2.24, 2.45) is 5.73 Å². The lowest BCUT2D eigenvalue weighted by Gasteiger charge is -2.07. The van der Waals surface area contributed by atoms with Crippen molar-refractivity contribution < 1.29 is 13.6 Å². The normalized spacial score (nSPS) is 9.62. The standard InChI is InChI=1S/C9H9F2N3OS/c10-6-2-1-3-7(11)5(6)4-8(15)13-14-9(12)16/h1-3H,4H2,(H,13,15)(H3,12,14,16). The maximum absolute atomic E-state index is 13.1. The average Bonchev–Trinajstić information content (AvgIpc) is 2.21. The van der Waals surface area contributed by atoms with Gasteiger partial charge >= 0.3 is 0 Å². The van der Waals surface area contributed by atoms with Crippen molar-refractivity contribution in [1.82, 2.24) is 10.9 Å². The third-order valence-electron chi connectivity index (χ3n) is 1.72. The minimum Gasteiger partial charge on any atom is -0.375 e. The SMILES string of the molecule is NC(=S)NNC(=O)Cc1c(F)cccc1F. The van der Waals surface area contributed by atoms with Crippen LogP contribution in [0.5, 0.6) is 0 Å². The van der Waals surface area contributed by atoms with Gasteiger partial charge in [-0.15, -0.1) is 0 Å². The molecule has 4 N–H and O–H groups in total. The molecule has 0 unspecified atom stereocenters. The Balaban J connectivity index is 2.66. The van der Waals surface area contributed by atoms with Crippen LogP contribution in [0.3, 0.4) is 0 Å². The highest BCUT2D eigenvalue weighted by molar-refractivity contribution is 7.80. The molecule has 4 nitrogen and oxygen atoms in total. The first-order chi connectivity index (χ1) is 7.50. The zero-order valence-corrected chi connectivity index (χ0v) is 8.91. The minimum atomic E-state index is -0.773. The van der Waals surface area contributed by atoms with E-state index in [1.165, 1.54) is 6.07 Å². The summed E-state index contributed by atoms with van der Waals surface area (Å²) in [5, 5.41) is -0.137. The first-order valence-corrected chi connectivity index (χ1v) is 4.68. The Bertz CT molecular complexity index is 405. The monoisotopic (exact) mass is 245 g/mol. The van der Waals surface area contributed by atoms with Crippen LogP contribution in [0.15, 0.2) is 18.2 Å². The molecule has 0 aromatic heterocycles. The highest BCUT2D eigenvalue weighted by Crippen LogP contribution is 2.12. The van der Waals surface area contributed by atoms with Crippen LogP contribution in [0.1, 0.15) is 5.56 Å². The fourth-order valence-corrected chi connectivity index (χ4v) is 1.09. The molecule has 0 radical (unpaired) electrons. The molecule has 0 atom stereocenters. The van der Waals surface area contributed by atoms with Gasteiger partial charge in [-0.2, -0.15) is 0 Å². The maximum atomic E-state index is 13.1. The summed E-state index contributed by atoms with van der Waals surface area (Å²) in [5.74, 6) is -2.19. The maximum Gasteiger partial charge on any atom is 0.243 e. The molecule has 0 aliphatic heterocycles. The summed E-state index contributed by atoms with van der Waals surface area (Å²) >= 11 is 4.43. The van der Waals surface area contributed by atoms with E-state index in [0.29, 0.717) is 0 Å². The molecule has 0 heterocycles. The van der Waals surface area contributed by atoms with Gasteiger partial charge in [-0.05, 0) is 24.4 Å². The van der Waals surface area contributed by atoms with Crippen LogP contribution in [0.2, 0.25) is 0 Å². The molecular weight excluding hydrogens is 236 g/mol. The summed E-state index contributed by atoms with van der Waals surface area (Å²) in [6.45, 7) is 0. The second-order valence-corrected chi connectivity index (χ2v) is 3.35. The lowest BCUT2D eigenvalue weighted by Crippen LogP contribution is -2.45. The molecule has 0 spiro atoms. The summed E-state index contributed by atoms with van der Waals surface area (Å²) in [6, 6.07) is 3.37. The Morgan fingerprint density at radius 1 is 1.31 bits per heavy atom. The largest absolute Gasteiger partial charge is 0.375 e. The van der Waals surface area contributed by atoms with Crippen molar-refractivity contribution in [2.45, 2.75) is 6.42 Å². The summed E-state index contributed by atoms with van der Waals surface area (Å²) in [4.78, 5) is 11.2. The number of carbonyl (C=O) groups excluding carboxylic acids is 1. The third-order valence-corrected chi connectivity index (χ3v) is 1.83. The number of benzene rings is 1. The molecule has 0 saturated carbocycles. The number of carbonyl (C=O) groups is 1. The van der Waals surface area contributed by atoms with Crippen LogP contribution >= 0.6 is 12.2 Å². The average molecular weight is 245 g/mol. The fourth-order valence-electron chi connectivity index (χ4n) is 1.04. The minimum absolute atomic E-state index is 0.137. The van der Waals surface area contributed by atoms with E-state index in [4.69, 9.17) is 5.73 Å². The second kappa shape index (κ2) is 5.36. The molecule has 1 amide bonds. The van der Waals surface area contributed by atoms with Gasteiger partial charge in [0.25, 0.3) is 0 Å². The van der Waals surface area contributed by atoms with Gasteiger partial charge in [0.15, 0.2) is 5.11 Å². The Kier molecular flexibility index (Phi) is 4.12. The predicted octanol–water partition coefficient (Wildman–Crippen LogP) is 0.372. The van der Waals surface area contributed by atoms with Crippen molar-refractivity contribution >= 4 is 23.2 Å². The van der Waals surface area contributed by atoms with Crippen molar-refractivity contribution in [3.05, 3.63) is 35.4 Å². The van der Waals surface area contributed by atoms with E-state index in [2.05, 4.69) is 23.1 Å². The van der Waals surface area contributed by atoms with Crippen molar-refractivity contribution in [2.75, 3.05) is 0 Å². The van der Waals surface area contributed by atoms with Gasteiger partial charge in [-0.1, -0.05) is 6.07 Å². The van der Waals surface area contributed by atoms with Gasteiger partial charge in [0.2, 0.25) is 5.91 Å². The number of nitrogens with two attached hydrogens (primary N) is 1. The van der Waals surface area contributed by atoms with Crippen LogP contribution in [0, 0.1) is 11.6 Å². The molecule has 0 fully saturated rings. The molecule has 1 aromatic rings. The van der Waals surface area contributed by atoms with E-state index in [1.54, 1.807) is 0 Å². The van der Waals surface area contributed by atoms with Gasteiger partial charge in [0.05, 0.1) is 6.42 Å². The highest BCUT2D eigenvalue weighted by atomic mass is 32.1. The quantitative estimate of drug-likeness (QED) is 0.520. The predicted molar refractivity (Wildman–Crippen MR) is 58.1 cm³/mol. The van der Waals surface area contributed by atoms with E-state index in [9.17, 15) is 13.6 Å². The van der Waals surface area contributed by atoms with Crippen molar-refractivity contribution in [3.63, 3.8) is 0 Å². The number of hydrogen-bond donors (Lipinski definition) is 3. The lowest BCUT2D eigenvalue weighted by molar-refractivity contribution is -0.121. The number of thiocarbonyl (C=S) groups is 1. The molecule has 0 aliphatic carbocycles. The molecule has 7 heteroatoms. The molecule has 1 aromatic carbocycles. The van der Waals surface area contributed by atoms with Crippen LogP contribution in [-0.2, 0) is 11.2 Å². The molecule has 0 aliphatic rings. The molecule has 0 saturated heterocycles. The Hall–Kier alpha value is -1.76. The Morgan fingerprint density at radius 3 is 2.38 bits per heavy atom. The van der Waals surface area contributed by atoms with Crippen molar-refractivity contribution in [3.8, 4) is 0 Å². The molecule has 86 valence electrons. The number of rotatable bonds is 2. The van der Waals surface area contributed by atoms with Crippen LogP contribution in [0.4, 0.5) is 8.78 Å². The Morgan fingerprint density at radius 2 is 1.88 bits per heavy atom. The topological polar surface area (TPSA) is 67.2 Å². The first kappa shape index (κ1) is 12.3. The van der Waals surface area contributed by atoms with Gasteiger partial charge in [0, 0.05) is 5.56 Å². The summed E-state index contributed by atoms with van der Waals surface area (Å²) in [5.41, 5.74) is 9.02. The van der Waals surface area contributed by atoms with Crippen molar-refractivity contribution in [1.29, 1.82) is 0 Å². The number of hydrazine groups is 1. The third kappa shape index (κ3) is 3.43. The van der Waals surface area contributed by atoms with Crippen LogP contribution in [-0.4, -0.2) is 11.0 Å². The molecular formula is C9H9F2N3OS. The van der Waals surface area contributed by atoms with E-state index < -0.39 is 24.0 Å². The fraction of sp³-hybridized carbons (Fsp3) is 0.111. The van der Waals surface area contributed by atoms with E-state index >= 15 is 0 Å². The summed E-state index contributed by atoms with van der Waals surface area (Å²) in [7, 11) is 0. The van der Waals surface area contributed by atoms with Crippen LogP contribution < -0.4 is 16.6 Å². The number of halogens is 2. The van der Waals surface area contributed by atoms with Gasteiger partial charge in [-0.3, -0.25) is 15.6 Å². The van der Waals surface area contributed by atoms with E-state index in [1.807, 2.05) is 0 Å². The second-order valence-electron chi connectivity index (χ2n) is 2.91. The summed E-state index contributed by atoms with van der Waals surface area (Å²) < 4.78 is 26.2. The first-order valence-electron chi connectivity index (χ1n) is 4.28. The smallest absolute Gasteiger partial charge is 0.243 e. The number of nitrogens with one attached hydrogen (secondary N) is 2. The van der Waals surface area contributed by atoms with Gasteiger partial charge in [0.1, 0.15) is 11.6 Å². The Labute approximate surface area is 95.8 Å². The molecule has 1 rings (SSSR count). The molecule has 0 bridgehead atoms. The zero-order chi connectivity index (χ0) is 12.1. The van der Waals surface area contributed by atoms with Crippen LogP contribution in [0.25, 0.3) is 0 Å². The highest BCUT2D eigenvalue weighted by Gasteiger charge is 2.12. The van der Waals surface area contributed by atoms with E-state index in [0.717, 1.165) is 12.1 Å². The van der Waals surface area contributed by atoms with E-state index in [-0.39, 0.29) is 10.7 Å². The zero-order valence-electron chi connectivity index (χ0n) is 8.09.